The summed E-state index contributed by atoms with van der Waals surface area (Å²) in [6.07, 6.45) is 0. The Morgan fingerprint density at radius 1 is 1.23 bits per heavy atom. The van der Waals surface area contributed by atoms with E-state index in [0.717, 1.165) is 32.7 Å². The molecule has 120 valence electrons. The molecule has 0 saturated carbocycles. The van der Waals surface area contributed by atoms with Gasteiger partial charge in [-0.1, -0.05) is 6.07 Å². The van der Waals surface area contributed by atoms with Crippen LogP contribution in [-0.4, -0.2) is 75.0 Å². The Hall–Kier alpha value is -1.92. The zero-order chi connectivity index (χ0) is 15.9. The molecule has 0 bridgehead atoms. The van der Waals surface area contributed by atoms with Gasteiger partial charge in [0.25, 0.3) is 11.8 Å². The topological polar surface area (TPSA) is 64.7 Å². The van der Waals surface area contributed by atoms with Gasteiger partial charge in [-0.25, -0.2) is 0 Å². The van der Waals surface area contributed by atoms with E-state index in [1.165, 1.54) is 4.90 Å². The van der Waals surface area contributed by atoms with Gasteiger partial charge < -0.3 is 15.5 Å². The average molecular weight is 304 g/mol. The summed E-state index contributed by atoms with van der Waals surface area (Å²) in [5.41, 5.74) is 1.05. The van der Waals surface area contributed by atoms with Gasteiger partial charge in [0.05, 0.1) is 0 Å². The molecule has 2 N–H and O–H groups in total. The van der Waals surface area contributed by atoms with Crippen LogP contribution in [0.3, 0.4) is 0 Å². The molecule has 6 heteroatoms. The highest BCUT2D eigenvalue weighted by atomic mass is 16.2. The summed E-state index contributed by atoms with van der Waals surface area (Å²) >= 11 is 0. The predicted molar refractivity (Wildman–Crippen MR) is 86.1 cm³/mol. The van der Waals surface area contributed by atoms with Gasteiger partial charge in [0.2, 0.25) is 0 Å². The van der Waals surface area contributed by atoms with Gasteiger partial charge in [0.1, 0.15) is 0 Å². The lowest BCUT2D eigenvalue weighted by atomic mass is 10.1. The molecule has 0 spiro atoms. The lowest BCUT2D eigenvalue weighted by Crippen LogP contribution is -2.46. The summed E-state index contributed by atoms with van der Waals surface area (Å²) in [5.74, 6) is -0.237. The highest BCUT2D eigenvalue weighted by Gasteiger charge is 2.13. The third-order valence-corrected chi connectivity index (χ3v) is 3.70. The lowest BCUT2D eigenvalue weighted by molar-refractivity contribution is 0.0827. The molecule has 0 aliphatic carbocycles. The number of hydrogen-bond donors (Lipinski definition) is 2. The number of carbonyl (C=O) groups is 2. The van der Waals surface area contributed by atoms with E-state index in [0.29, 0.717) is 17.7 Å². The molecular weight excluding hydrogens is 280 g/mol. The number of hydrogen-bond acceptors (Lipinski definition) is 4. The first-order valence-electron chi connectivity index (χ1n) is 7.61. The molecule has 1 saturated heterocycles. The highest BCUT2D eigenvalue weighted by molar-refractivity contribution is 5.99. The van der Waals surface area contributed by atoms with Crippen molar-refractivity contribution in [3.63, 3.8) is 0 Å². The second-order valence-electron chi connectivity index (χ2n) is 5.63. The third kappa shape index (κ3) is 4.54. The number of nitrogens with one attached hydrogen (secondary N) is 2. The van der Waals surface area contributed by atoms with E-state index in [1.54, 1.807) is 38.4 Å². The summed E-state index contributed by atoms with van der Waals surface area (Å²) in [6, 6.07) is 6.83. The third-order valence-electron chi connectivity index (χ3n) is 3.70. The molecule has 2 amide bonds. The molecule has 0 radical (unpaired) electrons. The van der Waals surface area contributed by atoms with Gasteiger partial charge in [0.15, 0.2) is 0 Å². The van der Waals surface area contributed by atoms with Crippen molar-refractivity contribution in [2.45, 2.75) is 0 Å². The second-order valence-corrected chi connectivity index (χ2v) is 5.63. The number of amides is 2. The number of benzene rings is 1. The molecular formula is C16H24N4O2. The van der Waals surface area contributed by atoms with Crippen molar-refractivity contribution in [2.75, 3.05) is 53.4 Å². The van der Waals surface area contributed by atoms with Crippen LogP contribution in [0.2, 0.25) is 0 Å². The Balaban J connectivity index is 1.86. The molecule has 1 aromatic carbocycles. The summed E-state index contributed by atoms with van der Waals surface area (Å²) in [7, 11) is 3.39. The van der Waals surface area contributed by atoms with Crippen molar-refractivity contribution in [1.82, 2.24) is 20.4 Å². The molecule has 1 aliphatic rings. The minimum atomic E-state index is -0.136. The lowest BCUT2D eigenvalue weighted by Gasteiger charge is -2.27. The predicted octanol–water partition coefficient (Wildman–Crippen LogP) is 0.0234. The Kier molecular flexibility index (Phi) is 5.91. The normalized spacial score (nSPS) is 15.4. The van der Waals surface area contributed by atoms with E-state index in [2.05, 4.69) is 15.5 Å². The fraction of sp³-hybridized carbons (Fsp3) is 0.500. The first-order valence-corrected chi connectivity index (χ1v) is 7.61. The molecule has 1 heterocycles. The van der Waals surface area contributed by atoms with Crippen molar-refractivity contribution >= 4 is 11.8 Å². The maximum absolute atomic E-state index is 12.2. The molecule has 1 aromatic rings. The van der Waals surface area contributed by atoms with E-state index in [9.17, 15) is 9.59 Å². The summed E-state index contributed by atoms with van der Waals surface area (Å²) in [5, 5.41) is 6.22. The first-order chi connectivity index (χ1) is 10.6. The van der Waals surface area contributed by atoms with Crippen LogP contribution in [0.25, 0.3) is 0 Å². The molecule has 6 nitrogen and oxygen atoms in total. The van der Waals surface area contributed by atoms with Gasteiger partial charge in [-0.3, -0.25) is 14.5 Å². The van der Waals surface area contributed by atoms with Crippen molar-refractivity contribution in [3.8, 4) is 0 Å². The summed E-state index contributed by atoms with van der Waals surface area (Å²) in [4.78, 5) is 27.9. The van der Waals surface area contributed by atoms with Crippen LogP contribution in [0.15, 0.2) is 24.3 Å². The van der Waals surface area contributed by atoms with E-state index < -0.39 is 0 Å². The Morgan fingerprint density at radius 3 is 2.59 bits per heavy atom. The van der Waals surface area contributed by atoms with Gasteiger partial charge in [-0.05, 0) is 18.2 Å². The van der Waals surface area contributed by atoms with Gasteiger partial charge in [0, 0.05) is 64.5 Å². The molecule has 0 aromatic heterocycles. The van der Waals surface area contributed by atoms with Crippen LogP contribution < -0.4 is 10.6 Å². The van der Waals surface area contributed by atoms with Crippen molar-refractivity contribution in [3.05, 3.63) is 35.4 Å². The van der Waals surface area contributed by atoms with Gasteiger partial charge in [-0.2, -0.15) is 0 Å². The maximum Gasteiger partial charge on any atom is 0.253 e. The zero-order valence-corrected chi connectivity index (χ0v) is 13.3. The van der Waals surface area contributed by atoms with Crippen LogP contribution in [0.1, 0.15) is 20.7 Å². The van der Waals surface area contributed by atoms with E-state index >= 15 is 0 Å². The Morgan fingerprint density at radius 2 is 1.91 bits per heavy atom. The molecule has 1 aliphatic heterocycles. The number of carbonyl (C=O) groups excluding carboxylic acids is 2. The summed E-state index contributed by atoms with van der Waals surface area (Å²) < 4.78 is 0. The molecule has 0 unspecified atom stereocenters. The Bertz CT molecular complexity index is 525. The molecule has 2 rings (SSSR count). The van der Waals surface area contributed by atoms with Crippen LogP contribution >= 0.6 is 0 Å². The van der Waals surface area contributed by atoms with E-state index in [1.807, 2.05) is 0 Å². The highest BCUT2D eigenvalue weighted by Crippen LogP contribution is 2.07. The Labute approximate surface area is 131 Å². The molecule has 1 fully saturated rings. The van der Waals surface area contributed by atoms with Crippen LogP contribution in [0.4, 0.5) is 0 Å². The van der Waals surface area contributed by atoms with E-state index in [-0.39, 0.29) is 11.8 Å². The maximum atomic E-state index is 12.2. The SMILES string of the molecule is CN(C)C(=O)c1cccc(C(=O)NCCN2CCNCC2)c1. The first kappa shape index (κ1) is 16.5. The fourth-order valence-corrected chi connectivity index (χ4v) is 2.42. The van der Waals surface area contributed by atoms with Crippen molar-refractivity contribution < 1.29 is 9.59 Å². The van der Waals surface area contributed by atoms with Crippen molar-refractivity contribution in [2.24, 2.45) is 0 Å². The van der Waals surface area contributed by atoms with Crippen molar-refractivity contribution in [1.29, 1.82) is 0 Å². The number of rotatable bonds is 5. The van der Waals surface area contributed by atoms with Crippen LogP contribution in [-0.2, 0) is 0 Å². The fourth-order valence-electron chi connectivity index (χ4n) is 2.42. The minimum Gasteiger partial charge on any atom is -0.351 e. The largest absolute Gasteiger partial charge is 0.351 e. The summed E-state index contributed by atoms with van der Waals surface area (Å²) in [6.45, 7) is 5.51. The standard InChI is InChI=1S/C16H24N4O2/c1-19(2)16(22)14-5-3-4-13(12-14)15(21)18-8-11-20-9-6-17-7-10-20/h3-5,12,17H,6-11H2,1-2H3,(H,18,21). The monoisotopic (exact) mass is 304 g/mol. The smallest absolute Gasteiger partial charge is 0.253 e. The number of nitrogens with zero attached hydrogens (tertiary/aromatic N) is 2. The number of piperazine rings is 1. The molecule has 22 heavy (non-hydrogen) atoms. The quantitative estimate of drug-likeness (QED) is 0.805. The molecule has 0 atom stereocenters. The van der Waals surface area contributed by atoms with Crippen LogP contribution in [0, 0.1) is 0 Å². The van der Waals surface area contributed by atoms with Gasteiger partial charge >= 0.3 is 0 Å². The average Bonchev–Trinajstić information content (AvgIpc) is 2.55. The van der Waals surface area contributed by atoms with Crippen LogP contribution in [0.5, 0.6) is 0 Å². The van der Waals surface area contributed by atoms with Gasteiger partial charge in [-0.15, -0.1) is 0 Å². The zero-order valence-electron chi connectivity index (χ0n) is 13.3. The second kappa shape index (κ2) is 7.91. The van der Waals surface area contributed by atoms with E-state index in [4.69, 9.17) is 0 Å². The minimum absolute atomic E-state index is 0.101.